The van der Waals surface area contributed by atoms with Gasteiger partial charge < -0.3 is 9.47 Å². The van der Waals surface area contributed by atoms with Crippen LogP contribution >= 0.6 is 0 Å². The van der Waals surface area contributed by atoms with Crippen LogP contribution in [0.1, 0.15) is 19.4 Å². The molecule has 0 spiro atoms. The zero-order valence-electron chi connectivity index (χ0n) is 8.90. The Balaban J connectivity index is 2.78. The Labute approximate surface area is 89.3 Å². The van der Waals surface area contributed by atoms with Gasteiger partial charge in [-0.15, -0.1) is 0 Å². The van der Waals surface area contributed by atoms with Crippen molar-refractivity contribution in [1.29, 1.82) is 0 Å². The van der Waals surface area contributed by atoms with Crippen molar-refractivity contribution < 1.29 is 14.3 Å². The molecule has 3 heteroatoms. The molecule has 1 aromatic rings. The normalized spacial score (nSPS) is 10.9. The molecule has 0 saturated heterocycles. The smallest absolute Gasteiger partial charge is 0.310 e. The van der Waals surface area contributed by atoms with Gasteiger partial charge in [0.1, 0.15) is 0 Å². The Morgan fingerprint density at radius 3 is 2.53 bits per heavy atom. The molecular weight excluding hydrogens is 192 g/mol. The van der Waals surface area contributed by atoms with Crippen LogP contribution in [0.3, 0.4) is 0 Å². The molecule has 0 unspecified atom stereocenters. The Morgan fingerprint density at radius 1 is 1.33 bits per heavy atom. The number of benzene rings is 1. The second-order valence-electron chi connectivity index (χ2n) is 2.90. The maximum Gasteiger partial charge on any atom is 0.310 e. The zero-order valence-corrected chi connectivity index (χ0v) is 8.90. The number of carbonyl (C=O) groups excluding carboxylic acids is 1. The second kappa shape index (κ2) is 5.86. The minimum atomic E-state index is -0.384. The van der Waals surface area contributed by atoms with E-state index in [4.69, 9.17) is 9.47 Å². The van der Waals surface area contributed by atoms with Gasteiger partial charge in [-0.25, -0.2) is 0 Å². The van der Waals surface area contributed by atoms with E-state index in [1.165, 1.54) is 6.92 Å². The van der Waals surface area contributed by atoms with Gasteiger partial charge in [-0.3, -0.25) is 4.79 Å². The van der Waals surface area contributed by atoms with Crippen molar-refractivity contribution in [2.75, 3.05) is 6.61 Å². The van der Waals surface area contributed by atoms with Crippen LogP contribution in [0.2, 0.25) is 0 Å². The van der Waals surface area contributed by atoms with E-state index in [0.717, 1.165) is 5.56 Å². The number of carbonyl (C=O) groups is 1. The van der Waals surface area contributed by atoms with Crippen molar-refractivity contribution in [2.45, 2.75) is 13.8 Å². The highest BCUT2D eigenvalue weighted by Crippen LogP contribution is 2.09. The van der Waals surface area contributed by atoms with Crippen molar-refractivity contribution in [2.24, 2.45) is 0 Å². The monoisotopic (exact) mass is 206 g/mol. The van der Waals surface area contributed by atoms with Crippen LogP contribution < -0.4 is 0 Å². The van der Waals surface area contributed by atoms with Crippen molar-refractivity contribution >= 4 is 12.0 Å². The molecule has 1 aromatic carbocycles. The third-order valence-electron chi connectivity index (χ3n) is 1.62. The summed E-state index contributed by atoms with van der Waals surface area (Å²) >= 11 is 0. The fourth-order valence-corrected chi connectivity index (χ4v) is 1.07. The van der Waals surface area contributed by atoms with Gasteiger partial charge in [-0.1, -0.05) is 30.3 Å². The van der Waals surface area contributed by atoms with E-state index in [1.807, 2.05) is 37.3 Å². The quantitative estimate of drug-likeness (QED) is 0.561. The lowest BCUT2D eigenvalue weighted by Gasteiger charge is -2.06. The maximum absolute atomic E-state index is 10.8. The van der Waals surface area contributed by atoms with Crippen molar-refractivity contribution in [3.05, 3.63) is 41.8 Å². The molecule has 0 aliphatic carbocycles. The van der Waals surface area contributed by atoms with Crippen molar-refractivity contribution in [3.63, 3.8) is 0 Å². The van der Waals surface area contributed by atoms with Crippen LogP contribution in [-0.2, 0) is 14.3 Å². The summed E-state index contributed by atoms with van der Waals surface area (Å²) in [6.07, 6.45) is 1.69. The third-order valence-corrected chi connectivity index (χ3v) is 1.62. The highest BCUT2D eigenvalue weighted by molar-refractivity contribution is 5.68. The predicted octanol–water partition coefficient (Wildman–Crippen LogP) is 2.58. The van der Waals surface area contributed by atoms with Crippen LogP contribution in [0.15, 0.2) is 36.3 Å². The van der Waals surface area contributed by atoms with E-state index < -0.39 is 0 Å². The molecule has 0 heterocycles. The summed E-state index contributed by atoms with van der Waals surface area (Å²) < 4.78 is 10.1. The summed E-state index contributed by atoms with van der Waals surface area (Å²) in [6, 6.07) is 9.54. The van der Waals surface area contributed by atoms with E-state index >= 15 is 0 Å². The van der Waals surface area contributed by atoms with Crippen LogP contribution in [0.25, 0.3) is 6.08 Å². The Morgan fingerprint density at radius 2 is 2.00 bits per heavy atom. The molecule has 0 bridgehead atoms. The second-order valence-corrected chi connectivity index (χ2v) is 2.90. The average molecular weight is 206 g/mol. The largest absolute Gasteiger partial charge is 0.465 e. The van der Waals surface area contributed by atoms with Gasteiger partial charge in [0.2, 0.25) is 0 Å². The van der Waals surface area contributed by atoms with Crippen LogP contribution in [-0.4, -0.2) is 12.6 Å². The summed E-state index contributed by atoms with van der Waals surface area (Å²) in [5.41, 5.74) is 0.933. The molecule has 80 valence electrons. The molecule has 0 aliphatic heterocycles. The Kier molecular flexibility index (Phi) is 4.41. The molecule has 15 heavy (non-hydrogen) atoms. The van der Waals surface area contributed by atoms with Gasteiger partial charge in [0, 0.05) is 13.0 Å². The Bertz CT molecular complexity index is 341. The zero-order chi connectivity index (χ0) is 11.1. The van der Waals surface area contributed by atoms with Gasteiger partial charge in [0.05, 0.1) is 6.61 Å². The third kappa shape index (κ3) is 4.31. The lowest BCUT2D eigenvalue weighted by molar-refractivity contribution is -0.141. The minimum absolute atomic E-state index is 0.233. The van der Waals surface area contributed by atoms with E-state index in [2.05, 4.69) is 0 Å². The number of hydrogen-bond acceptors (Lipinski definition) is 3. The fourth-order valence-electron chi connectivity index (χ4n) is 1.07. The first-order valence-corrected chi connectivity index (χ1v) is 4.80. The standard InChI is InChI=1S/C12H14O3/c1-3-14-12(15-10(2)13)9-11-7-5-4-6-8-11/h4-9H,3H2,1-2H3/b12-9-. The lowest BCUT2D eigenvalue weighted by atomic mass is 10.2. The molecule has 0 amide bonds. The average Bonchev–Trinajstić information content (AvgIpc) is 2.18. The molecule has 1 rings (SSSR count). The maximum atomic E-state index is 10.8. The highest BCUT2D eigenvalue weighted by Gasteiger charge is 2.02. The molecule has 0 N–H and O–H groups in total. The number of ether oxygens (including phenoxy) is 2. The lowest BCUT2D eigenvalue weighted by Crippen LogP contribution is -2.02. The molecule has 0 aliphatic rings. The summed E-state index contributed by atoms with van der Waals surface area (Å²) in [6.45, 7) is 3.64. The van der Waals surface area contributed by atoms with Gasteiger partial charge in [0.25, 0.3) is 5.95 Å². The fraction of sp³-hybridized carbons (Fsp3) is 0.250. The van der Waals surface area contributed by atoms with Crippen LogP contribution in [0, 0.1) is 0 Å². The SMILES string of the molecule is CCO/C(=C/c1ccccc1)OC(C)=O. The number of esters is 1. The van der Waals surface area contributed by atoms with Crippen LogP contribution in [0.4, 0.5) is 0 Å². The van der Waals surface area contributed by atoms with Crippen LogP contribution in [0.5, 0.6) is 0 Å². The minimum Gasteiger partial charge on any atom is -0.465 e. The van der Waals surface area contributed by atoms with E-state index in [-0.39, 0.29) is 11.9 Å². The number of rotatable bonds is 4. The van der Waals surface area contributed by atoms with Crippen molar-refractivity contribution in [3.8, 4) is 0 Å². The predicted molar refractivity (Wildman–Crippen MR) is 57.8 cm³/mol. The molecule has 0 saturated carbocycles. The van der Waals surface area contributed by atoms with E-state index in [1.54, 1.807) is 6.08 Å². The first-order valence-electron chi connectivity index (χ1n) is 4.80. The first-order chi connectivity index (χ1) is 7.22. The molecule has 0 aromatic heterocycles. The van der Waals surface area contributed by atoms with Crippen molar-refractivity contribution in [1.82, 2.24) is 0 Å². The Hall–Kier alpha value is -1.77. The topological polar surface area (TPSA) is 35.5 Å². The van der Waals surface area contributed by atoms with Gasteiger partial charge in [0.15, 0.2) is 0 Å². The molecule has 0 radical (unpaired) electrons. The first kappa shape index (κ1) is 11.3. The summed E-state index contributed by atoms with van der Waals surface area (Å²) in [5.74, 6) is -0.151. The van der Waals surface area contributed by atoms with Gasteiger partial charge in [-0.2, -0.15) is 0 Å². The molecule has 0 fully saturated rings. The molecular formula is C12H14O3. The van der Waals surface area contributed by atoms with E-state index in [0.29, 0.717) is 6.61 Å². The molecule has 3 nitrogen and oxygen atoms in total. The van der Waals surface area contributed by atoms with Gasteiger partial charge in [-0.05, 0) is 12.5 Å². The number of hydrogen-bond donors (Lipinski definition) is 0. The van der Waals surface area contributed by atoms with Gasteiger partial charge >= 0.3 is 5.97 Å². The summed E-state index contributed by atoms with van der Waals surface area (Å²) in [4.78, 5) is 10.8. The summed E-state index contributed by atoms with van der Waals surface area (Å²) in [5, 5.41) is 0. The van der Waals surface area contributed by atoms with E-state index in [9.17, 15) is 4.79 Å². The highest BCUT2D eigenvalue weighted by atomic mass is 16.7. The summed E-state index contributed by atoms with van der Waals surface area (Å²) in [7, 11) is 0. The molecule has 0 atom stereocenters.